The number of ether oxygens (including phenoxy) is 1. The predicted molar refractivity (Wildman–Crippen MR) is 56.5 cm³/mol. The van der Waals surface area contributed by atoms with Crippen LogP contribution in [0.5, 0.6) is 0 Å². The number of imidazole rings is 1. The number of hydrogen-bond acceptors (Lipinski definition) is 2. The zero-order valence-electron chi connectivity index (χ0n) is 9.14. The summed E-state index contributed by atoms with van der Waals surface area (Å²) < 4.78 is 40.1. The molecule has 1 N–H and O–H groups in total. The Morgan fingerprint density at radius 1 is 1.35 bits per heavy atom. The molecule has 0 atom stereocenters. The number of nitrogens with zero attached hydrogens (tertiary/aromatic N) is 1. The van der Waals surface area contributed by atoms with E-state index in [0.29, 0.717) is 5.82 Å². The highest BCUT2D eigenvalue weighted by atomic mass is 19.4. The van der Waals surface area contributed by atoms with Gasteiger partial charge in [-0.05, 0) is 24.6 Å². The standard InChI is InChI=1S/C11H11F3N2O/c1-7-2-3-8-9(4-7)16-10(15-8)5-17-6-11(12,13)14/h2-4H,5-6H2,1H3,(H,15,16). The summed E-state index contributed by atoms with van der Waals surface area (Å²) in [7, 11) is 0. The molecule has 17 heavy (non-hydrogen) atoms. The first-order valence-corrected chi connectivity index (χ1v) is 5.04. The van der Waals surface area contributed by atoms with Crippen LogP contribution >= 0.6 is 0 Å². The van der Waals surface area contributed by atoms with Gasteiger partial charge in [0.15, 0.2) is 0 Å². The van der Waals surface area contributed by atoms with Gasteiger partial charge < -0.3 is 9.72 Å². The third-order valence-corrected chi connectivity index (χ3v) is 2.19. The summed E-state index contributed by atoms with van der Waals surface area (Å²) in [6.45, 7) is 0.496. The SMILES string of the molecule is Cc1ccc2nc(COCC(F)(F)F)[nH]c2c1. The molecule has 2 rings (SSSR count). The summed E-state index contributed by atoms with van der Waals surface area (Å²) in [5.41, 5.74) is 2.58. The zero-order valence-corrected chi connectivity index (χ0v) is 9.14. The molecule has 0 saturated heterocycles. The summed E-state index contributed by atoms with van der Waals surface area (Å²) in [5.74, 6) is 0.398. The van der Waals surface area contributed by atoms with Crippen LogP contribution in [-0.4, -0.2) is 22.8 Å². The highest BCUT2D eigenvalue weighted by Crippen LogP contribution is 2.17. The number of nitrogens with one attached hydrogen (secondary N) is 1. The highest BCUT2D eigenvalue weighted by Gasteiger charge is 2.27. The van der Waals surface area contributed by atoms with Gasteiger partial charge in [-0.2, -0.15) is 13.2 Å². The second-order valence-electron chi connectivity index (χ2n) is 3.81. The Balaban J connectivity index is 2.05. The number of alkyl halides is 3. The first-order valence-electron chi connectivity index (χ1n) is 5.04. The van der Waals surface area contributed by atoms with Gasteiger partial charge in [-0.3, -0.25) is 0 Å². The summed E-state index contributed by atoms with van der Waals surface area (Å²) in [5, 5.41) is 0. The van der Waals surface area contributed by atoms with Gasteiger partial charge in [0, 0.05) is 0 Å². The van der Waals surface area contributed by atoms with Crippen molar-refractivity contribution in [2.45, 2.75) is 19.7 Å². The van der Waals surface area contributed by atoms with Crippen LogP contribution in [0.2, 0.25) is 0 Å². The Kier molecular flexibility index (Phi) is 3.06. The molecule has 0 fully saturated rings. The summed E-state index contributed by atoms with van der Waals surface area (Å²) in [6, 6.07) is 5.59. The maximum absolute atomic E-state index is 11.9. The molecule has 0 unspecified atom stereocenters. The molecule has 0 spiro atoms. The maximum atomic E-state index is 11.9. The van der Waals surface area contributed by atoms with Crippen LogP contribution in [0.15, 0.2) is 18.2 Å². The zero-order chi connectivity index (χ0) is 12.5. The number of benzene rings is 1. The van der Waals surface area contributed by atoms with Crippen molar-refractivity contribution in [1.29, 1.82) is 0 Å². The van der Waals surface area contributed by atoms with Crippen LogP contribution in [-0.2, 0) is 11.3 Å². The van der Waals surface area contributed by atoms with Gasteiger partial charge in [-0.15, -0.1) is 0 Å². The van der Waals surface area contributed by atoms with Crippen molar-refractivity contribution >= 4 is 11.0 Å². The molecule has 0 aliphatic heterocycles. The van der Waals surface area contributed by atoms with Crippen LogP contribution in [0.4, 0.5) is 13.2 Å². The summed E-state index contributed by atoms with van der Waals surface area (Å²) >= 11 is 0. The topological polar surface area (TPSA) is 37.9 Å². The number of hydrogen-bond donors (Lipinski definition) is 1. The van der Waals surface area contributed by atoms with E-state index in [1.165, 1.54) is 0 Å². The number of aryl methyl sites for hydroxylation is 1. The number of fused-ring (bicyclic) bond motifs is 1. The Labute approximate surface area is 95.6 Å². The molecular formula is C11H11F3N2O. The lowest BCUT2D eigenvalue weighted by atomic mass is 10.2. The minimum atomic E-state index is -4.30. The highest BCUT2D eigenvalue weighted by molar-refractivity contribution is 5.75. The summed E-state index contributed by atoms with van der Waals surface area (Å²) in [6.07, 6.45) is -4.30. The molecule has 3 nitrogen and oxygen atoms in total. The van der Waals surface area contributed by atoms with Gasteiger partial charge in [0.25, 0.3) is 0 Å². The number of H-pyrrole nitrogens is 1. The van der Waals surface area contributed by atoms with E-state index in [1.54, 1.807) is 0 Å². The van der Waals surface area contributed by atoms with Crippen LogP contribution in [0, 0.1) is 6.92 Å². The number of aromatic amines is 1. The lowest BCUT2D eigenvalue weighted by Crippen LogP contribution is -2.16. The number of aromatic nitrogens is 2. The second kappa shape index (κ2) is 4.37. The van der Waals surface area contributed by atoms with Crippen molar-refractivity contribution in [1.82, 2.24) is 9.97 Å². The lowest BCUT2D eigenvalue weighted by Gasteiger charge is -2.05. The fraction of sp³-hybridized carbons (Fsp3) is 0.364. The van der Waals surface area contributed by atoms with E-state index in [4.69, 9.17) is 0 Å². The van der Waals surface area contributed by atoms with Crippen molar-refractivity contribution in [3.8, 4) is 0 Å². The molecule has 92 valence electrons. The fourth-order valence-corrected chi connectivity index (χ4v) is 1.51. The normalized spacial score (nSPS) is 12.2. The molecule has 1 aromatic heterocycles. The van der Waals surface area contributed by atoms with E-state index < -0.39 is 12.8 Å². The van der Waals surface area contributed by atoms with Gasteiger partial charge in [0.05, 0.1) is 11.0 Å². The van der Waals surface area contributed by atoms with E-state index in [1.807, 2.05) is 25.1 Å². The Morgan fingerprint density at radius 2 is 2.12 bits per heavy atom. The lowest BCUT2D eigenvalue weighted by molar-refractivity contribution is -0.177. The van der Waals surface area contributed by atoms with E-state index >= 15 is 0 Å². The minimum absolute atomic E-state index is 0.173. The molecule has 0 amide bonds. The Morgan fingerprint density at radius 3 is 2.82 bits per heavy atom. The monoisotopic (exact) mass is 244 g/mol. The minimum Gasteiger partial charge on any atom is -0.364 e. The molecule has 2 aromatic rings. The summed E-state index contributed by atoms with van der Waals surface area (Å²) in [4.78, 5) is 7.04. The molecule has 0 saturated carbocycles. The second-order valence-corrected chi connectivity index (χ2v) is 3.81. The number of halogens is 3. The molecular weight excluding hydrogens is 233 g/mol. The molecule has 0 radical (unpaired) electrons. The molecule has 6 heteroatoms. The Hall–Kier alpha value is -1.56. The van der Waals surface area contributed by atoms with Crippen molar-refractivity contribution in [2.24, 2.45) is 0 Å². The largest absolute Gasteiger partial charge is 0.411 e. The van der Waals surface area contributed by atoms with Crippen LogP contribution < -0.4 is 0 Å². The Bertz CT molecular complexity index is 519. The van der Waals surface area contributed by atoms with Crippen LogP contribution in [0.25, 0.3) is 11.0 Å². The average molecular weight is 244 g/mol. The van der Waals surface area contributed by atoms with Crippen LogP contribution in [0.1, 0.15) is 11.4 Å². The van der Waals surface area contributed by atoms with E-state index in [0.717, 1.165) is 16.6 Å². The first kappa shape index (κ1) is 11.9. The van der Waals surface area contributed by atoms with Gasteiger partial charge in [-0.25, -0.2) is 4.98 Å². The smallest absolute Gasteiger partial charge is 0.364 e. The van der Waals surface area contributed by atoms with Gasteiger partial charge in [0.1, 0.15) is 19.0 Å². The van der Waals surface area contributed by atoms with Gasteiger partial charge in [-0.1, -0.05) is 6.07 Å². The van der Waals surface area contributed by atoms with E-state index in [-0.39, 0.29) is 6.61 Å². The van der Waals surface area contributed by atoms with Gasteiger partial charge in [0.2, 0.25) is 0 Å². The van der Waals surface area contributed by atoms with Crippen LogP contribution in [0.3, 0.4) is 0 Å². The fourth-order valence-electron chi connectivity index (χ4n) is 1.51. The predicted octanol–water partition coefficient (Wildman–Crippen LogP) is 2.95. The van der Waals surface area contributed by atoms with Crippen molar-refractivity contribution in [3.63, 3.8) is 0 Å². The van der Waals surface area contributed by atoms with Crippen molar-refractivity contribution < 1.29 is 17.9 Å². The van der Waals surface area contributed by atoms with E-state index in [2.05, 4.69) is 14.7 Å². The molecule has 0 aliphatic carbocycles. The third-order valence-electron chi connectivity index (χ3n) is 2.19. The molecule has 1 heterocycles. The van der Waals surface area contributed by atoms with Gasteiger partial charge >= 0.3 is 6.18 Å². The van der Waals surface area contributed by atoms with Crippen molar-refractivity contribution in [2.75, 3.05) is 6.61 Å². The maximum Gasteiger partial charge on any atom is 0.411 e. The third kappa shape index (κ3) is 3.20. The van der Waals surface area contributed by atoms with E-state index in [9.17, 15) is 13.2 Å². The first-order chi connectivity index (χ1) is 7.94. The molecule has 0 aliphatic rings. The quantitative estimate of drug-likeness (QED) is 0.901. The average Bonchev–Trinajstić information content (AvgIpc) is 2.57. The molecule has 0 bridgehead atoms. The number of rotatable bonds is 3. The van der Waals surface area contributed by atoms with Crippen molar-refractivity contribution in [3.05, 3.63) is 29.6 Å². The molecule has 1 aromatic carbocycles.